The molecule has 7 aromatic rings. The molecule has 2 aromatic heterocycles. The molecule has 0 spiro atoms. The van der Waals surface area contributed by atoms with Crippen molar-refractivity contribution < 1.29 is 0 Å². The van der Waals surface area contributed by atoms with Crippen molar-refractivity contribution in [3.8, 4) is 6.07 Å². The molecule has 7 rings (SSSR count). The van der Waals surface area contributed by atoms with Crippen molar-refractivity contribution in [1.29, 1.82) is 5.26 Å². The summed E-state index contributed by atoms with van der Waals surface area (Å²) in [7, 11) is 0. The van der Waals surface area contributed by atoms with E-state index in [-0.39, 0.29) is 0 Å². The Labute approximate surface area is 221 Å². The topological polar surface area (TPSA) is 31.4 Å². The Morgan fingerprint density at radius 2 is 1.14 bits per heavy atom. The molecule has 0 unspecified atom stereocenters. The Bertz CT molecular complexity index is 1940. The first-order valence-electron chi connectivity index (χ1n) is 11.8. The number of anilines is 3. The van der Waals surface area contributed by atoms with Gasteiger partial charge in [0.2, 0.25) is 0 Å². The Morgan fingerprint density at radius 3 is 1.73 bits per heavy atom. The van der Waals surface area contributed by atoms with Crippen LogP contribution in [0.2, 0.25) is 0 Å². The molecule has 2 heterocycles. The van der Waals surface area contributed by atoms with Crippen LogP contribution in [-0.2, 0) is 0 Å². The first kappa shape index (κ1) is 21.6. The van der Waals surface area contributed by atoms with Crippen LogP contribution in [-0.4, -0.2) is 0 Å². The van der Waals surface area contributed by atoms with E-state index in [0.29, 0.717) is 11.3 Å². The second kappa shape index (κ2) is 8.47. The van der Waals surface area contributed by atoms with Crippen molar-refractivity contribution in [2.24, 2.45) is 0 Å². The van der Waals surface area contributed by atoms with Gasteiger partial charge in [-0.1, -0.05) is 48.5 Å². The maximum Gasteiger partial charge on any atom is 0.188 e. The third kappa shape index (κ3) is 3.53. The van der Waals surface area contributed by atoms with Gasteiger partial charge in [-0.15, -0.1) is 22.7 Å². The smallest absolute Gasteiger partial charge is 0.188 e. The van der Waals surface area contributed by atoms with Crippen LogP contribution < -0.4 is 4.90 Å². The van der Waals surface area contributed by atoms with Crippen LogP contribution in [0.1, 0.15) is 5.56 Å². The van der Waals surface area contributed by atoms with Gasteiger partial charge in [-0.05, 0) is 60.0 Å². The number of nitriles is 1. The van der Waals surface area contributed by atoms with Crippen LogP contribution in [0.4, 0.5) is 22.7 Å². The molecule has 5 heteroatoms. The highest BCUT2D eigenvalue weighted by molar-refractivity contribution is 7.26. The van der Waals surface area contributed by atoms with Gasteiger partial charge in [0.05, 0.1) is 18.2 Å². The number of fused-ring (bicyclic) bond motifs is 6. The second-order valence-electron chi connectivity index (χ2n) is 8.85. The van der Waals surface area contributed by atoms with E-state index in [4.69, 9.17) is 6.57 Å². The zero-order valence-corrected chi connectivity index (χ0v) is 21.1. The van der Waals surface area contributed by atoms with Crippen LogP contribution in [0.3, 0.4) is 0 Å². The molecule has 3 nitrogen and oxygen atoms in total. The van der Waals surface area contributed by atoms with E-state index in [1.165, 1.54) is 30.9 Å². The summed E-state index contributed by atoms with van der Waals surface area (Å²) in [5.41, 5.74) is 4.61. The molecule has 172 valence electrons. The molecule has 0 saturated heterocycles. The minimum atomic E-state index is 0.670. The summed E-state index contributed by atoms with van der Waals surface area (Å²) in [5.74, 6) is 0. The SMILES string of the molecule is [C-]#[N+]c1ccc2c(c1)sc1cc(N(c3ccccc3)c3ccc4c(c3)sc3cc(C#N)ccc34)ccc12. The van der Waals surface area contributed by atoms with Crippen LogP contribution in [0.15, 0.2) is 103 Å². The number of hydrogen-bond acceptors (Lipinski definition) is 4. The highest BCUT2D eigenvalue weighted by Crippen LogP contribution is 2.43. The fourth-order valence-electron chi connectivity index (χ4n) is 4.96. The zero-order chi connectivity index (χ0) is 24.9. The monoisotopic (exact) mass is 507 g/mol. The average molecular weight is 508 g/mol. The summed E-state index contributed by atoms with van der Waals surface area (Å²) in [6.07, 6.45) is 0. The van der Waals surface area contributed by atoms with Crippen molar-refractivity contribution in [3.05, 3.63) is 120 Å². The van der Waals surface area contributed by atoms with E-state index in [2.05, 4.69) is 88.6 Å². The predicted molar refractivity (Wildman–Crippen MR) is 158 cm³/mol. The molecular weight excluding hydrogens is 491 g/mol. The van der Waals surface area contributed by atoms with E-state index in [1.54, 1.807) is 22.7 Å². The van der Waals surface area contributed by atoms with E-state index < -0.39 is 0 Å². The molecule has 0 aliphatic carbocycles. The Hall–Kier alpha value is -4.68. The number of para-hydroxylation sites is 1. The number of thiophene rings is 2. The summed E-state index contributed by atoms with van der Waals surface area (Å²) in [6, 6.07) is 37.8. The van der Waals surface area contributed by atoms with E-state index in [9.17, 15) is 5.26 Å². The largest absolute Gasteiger partial charge is 0.310 e. The number of benzene rings is 5. The van der Waals surface area contributed by atoms with Gasteiger partial charge in [0.1, 0.15) is 0 Å². The molecule has 5 aromatic carbocycles. The minimum Gasteiger partial charge on any atom is -0.310 e. The summed E-state index contributed by atoms with van der Waals surface area (Å²) in [6.45, 7) is 7.36. The van der Waals surface area contributed by atoms with Crippen molar-refractivity contribution in [3.63, 3.8) is 0 Å². The molecule has 37 heavy (non-hydrogen) atoms. The van der Waals surface area contributed by atoms with Gasteiger partial charge in [-0.25, -0.2) is 4.85 Å². The van der Waals surface area contributed by atoms with Crippen LogP contribution in [0.5, 0.6) is 0 Å². The maximum atomic E-state index is 9.32. The van der Waals surface area contributed by atoms with Gasteiger partial charge in [-0.2, -0.15) is 5.26 Å². The first-order chi connectivity index (χ1) is 18.2. The summed E-state index contributed by atoms with van der Waals surface area (Å²) in [4.78, 5) is 5.89. The van der Waals surface area contributed by atoms with Crippen molar-refractivity contribution in [2.75, 3.05) is 4.90 Å². The number of nitrogens with zero attached hydrogens (tertiary/aromatic N) is 3. The van der Waals surface area contributed by atoms with Gasteiger partial charge in [0, 0.05) is 52.0 Å². The van der Waals surface area contributed by atoms with E-state index in [0.717, 1.165) is 26.5 Å². The molecule has 0 bridgehead atoms. The summed E-state index contributed by atoms with van der Waals surface area (Å²) in [5, 5.41) is 14.1. The van der Waals surface area contributed by atoms with Gasteiger partial charge in [-0.3, -0.25) is 0 Å². The number of hydrogen-bond donors (Lipinski definition) is 0. The average Bonchev–Trinajstić information content (AvgIpc) is 3.49. The minimum absolute atomic E-state index is 0.670. The lowest BCUT2D eigenvalue weighted by Crippen LogP contribution is -2.09. The fourth-order valence-corrected chi connectivity index (χ4v) is 7.31. The molecule has 0 aliphatic rings. The molecule has 0 amide bonds. The maximum absolute atomic E-state index is 9.32. The molecule has 0 fully saturated rings. The summed E-state index contributed by atoms with van der Waals surface area (Å²) < 4.78 is 4.65. The molecule has 0 saturated carbocycles. The normalized spacial score (nSPS) is 11.2. The van der Waals surface area contributed by atoms with Crippen molar-refractivity contribution in [1.82, 2.24) is 0 Å². The van der Waals surface area contributed by atoms with E-state index >= 15 is 0 Å². The third-order valence-corrected chi connectivity index (χ3v) is 8.92. The molecule has 0 N–H and O–H groups in total. The Kier molecular flexibility index (Phi) is 4.94. The Morgan fingerprint density at radius 1 is 0.595 bits per heavy atom. The highest BCUT2D eigenvalue weighted by atomic mass is 32.1. The summed E-state index contributed by atoms with van der Waals surface area (Å²) >= 11 is 3.45. The second-order valence-corrected chi connectivity index (χ2v) is 11.0. The lowest BCUT2D eigenvalue weighted by Gasteiger charge is -2.25. The lowest BCUT2D eigenvalue weighted by atomic mass is 10.1. The quantitative estimate of drug-likeness (QED) is 0.223. The van der Waals surface area contributed by atoms with Crippen molar-refractivity contribution in [2.45, 2.75) is 0 Å². The van der Waals surface area contributed by atoms with Gasteiger partial charge in [0.15, 0.2) is 5.69 Å². The highest BCUT2D eigenvalue weighted by Gasteiger charge is 2.16. The van der Waals surface area contributed by atoms with Crippen LogP contribution >= 0.6 is 22.7 Å². The van der Waals surface area contributed by atoms with Gasteiger partial charge < -0.3 is 4.90 Å². The molecule has 0 atom stereocenters. The first-order valence-corrected chi connectivity index (χ1v) is 13.4. The molecular formula is C32H17N3S2. The van der Waals surface area contributed by atoms with Crippen LogP contribution in [0.25, 0.3) is 45.2 Å². The van der Waals surface area contributed by atoms with Gasteiger partial charge >= 0.3 is 0 Å². The molecule has 0 aliphatic heterocycles. The fraction of sp³-hybridized carbons (Fsp3) is 0. The standard InChI is InChI=1S/C32H17N3S2/c1-34-21-8-12-26-28-14-10-24(18-32(28)37-30(26)16-21)35(22-5-3-2-4-6-22)23-9-13-27-25-11-7-20(19-33)15-29(25)36-31(27)17-23/h2-18H. The molecule has 0 radical (unpaired) electrons. The zero-order valence-electron chi connectivity index (χ0n) is 19.5. The third-order valence-electron chi connectivity index (χ3n) is 6.69. The van der Waals surface area contributed by atoms with Crippen LogP contribution in [0, 0.1) is 17.9 Å². The Balaban J connectivity index is 1.42. The predicted octanol–water partition coefficient (Wildman–Crippen LogP) is 10.3. The van der Waals surface area contributed by atoms with Gasteiger partial charge in [0.25, 0.3) is 0 Å². The van der Waals surface area contributed by atoms with E-state index in [1.807, 2.05) is 30.3 Å². The van der Waals surface area contributed by atoms with Crippen molar-refractivity contribution >= 4 is 85.8 Å². The lowest BCUT2D eigenvalue weighted by molar-refractivity contribution is 1.30. The number of rotatable bonds is 3.